The summed E-state index contributed by atoms with van der Waals surface area (Å²) in [5, 5.41) is 14.7. The summed E-state index contributed by atoms with van der Waals surface area (Å²) in [6.45, 7) is 2.38. The van der Waals surface area contributed by atoms with Crippen LogP contribution in [-0.2, 0) is 4.84 Å². The number of nitrogens with one attached hydrogen (secondary N) is 3. The SMILES string of the molecule is CNC(=O)c1n[nH]c2cc(-c3cc(NC(=O)N4OCC[C@H]4c4ccccc4)cnc3C)ccc12. The predicted molar refractivity (Wildman–Crippen MR) is 128 cm³/mol. The molecule has 1 aliphatic heterocycles. The van der Waals surface area contributed by atoms with Gasteiger partial charge in [0.2, 0.25) is 0 Å². The molecule has 0 saturated carbocycles. The van der Waals surface area contributed by atoms with Crippen molar-refractivity contribution in [2.45, 2.75) is 19.4 Å². The molecule has 2 aromatic carbocycles. The van der Waals surface area contributed by atoms with Crippen LogP contribution in [0, 0.1) is 6.92 Å². The highest BCUT2D eigenvalue weighted by molar-refractivity contribution is 6.05. The normalized spacial score (nSPS) is 15.5. The number of amides is 3. The minimum Gasteiger partial charge on any atom is -0.354 e. The smallest absolute Gasteiger partial charge is 0.346 e. The van der Waals surface area contributed by atoms with Gasteiger partial charge in [-0.15, -0.1) is 0 Å². The van der Waals surface area contributed by atoms with Gasteiger partial charge in [0.1, 0.15) is 0 Å². The first kappa shape index (κ1) is 21.6. The molecule has 0 spiro atoms. The van der Waals surface area contributed by atoms with Gasteiger partial charge in [0.25, 0.3) is 5.91 Å². The number of rotatable bonds is 4. The number of aryl methyl sites for hydroxylation is 1. The van der Waals surface area contributed by atoms with Crippen molar-refractivity contribution < 1.29 is 14.4 Å². The predicted octanol–water partition coefficient (Wildman–Crippen LogP) is 4.20. The van der Waals surface area contributed by atoms with Crippen LogP contribution in [0.4, 0.5) is 10.5 Å². The molecule has 5 rings (SSSR count). The third kappa shape index (κ3) is 3.97. The van der Waals surface area contributed by atoms with Gasteiger partial charge in [-0.1, -0.05) is 36.4 Å². The van der Waals surface area contributed by atoms with E-state index in [2.05, 4.69) is 25.8 Å². The minimum atomic E-state index is -0.345. The summed E-state index contributed by atoms with van der Waals surface area (Å²) >= 11 is 0. The van der Waals surface area contributed by atoms with E-state index in [1.165, 1.54) is 5.06 Å². The van der Waals surface area contributed by atoms with Crippen molar-refractivity contribution in [1.29, 1.82) is 0 Å². The van der Waals surface area contributed by atoms with Crippen LogP contribution in [0.25, 0.3) is 22.0 Å². The largest absolute Gasteiger partial charge is 0.354 e. The second kappa shape index (κ2) is 8.95. The molecule has 2 aromatic heterocycles. The Morgan fingerprint density at radius 3 is 2.76 bits per heavy atom. The number of H-pyrrole nitrogens is 1. The molecule has 0 unspecified atom stereocenters. The maximum atomic E-state index is 13.0. The van der Waals surface area contributed by atoms with E-state index in [1.54, 1.807) is 13.2 Å². The van der Waals surface area contributed by atoms with E-state index in [9.17, 15) is 9.59 Å². The van der Waals surface area contributed by atoms with E-state index in [4.69, 9.17) is 4.84 Å². The number of hydroxylamine groups is 2. The Balaban J connectivity index is 1.40. The molecule has 1 atom stereocenters. The highest BCUT2D eigenvalue weighted by atomic mass is 16.7. The zero-order valence-electron chi connectivity index (χ0n) is 18.8. The van der Waals surface area contributed by atoms with E-state index in [0.717, 1.165) is 39.7 Å². The minimum absolute atomic E-state index is 0.142. The fourth-order valence-electron chi connectivity index (χ4n) is 4.20. The van der Waals surface area contributed by atoms with Crippen LogP contribution < -0.4 is 10.6 Å². The van der Waals surface area contributed by atoms with Gasteiger partial charge in [0.15, 0.2) is 5.69 Å². The van der Waals surface area contributed by atoms with E-state index >= 15 is 0 Å². The number of hydrogen-bond acceptors (Lipinski definition) is 5. The van der Waals surface area contributed by atoms with Gasteiger partial charge in [-0.3, -0.25) is 19.7 Å². The Labute approximate surface area is 196 Å². The molecule has 3 amide bonds. The van der Waals surface area contributed by atoms with Crippen LogP contribution in [0.5, 0.6) is 0 Å². The van der Waals surface area contributed by atoms with Crippen molar-refractivity contribution in [2.75, 3.05) is 19.0 Å². The second-order valence-electron chi connectivity index (χ2n) is 8.07. The molecule has 34 heavy (non-hydrogen) atoms. The number of urea groups is 1. The monoisotopic (exact) mass is 456 g/mol. The van der Waals surface area contributed by atoms with Gasteiger partial charge >= 0.3 is 6.03 Å². The number of fused-ring (bicyclic) bond motifs is 1. The van der Waals surface area contributed by atoms with Crippen molar-refractivity contribution in [3.05, 3.63) is 77.7 Å². The molecule has 1 aliphatic rings. The molecule has 3 heterocycles. The topological polar surface area (TPSA) is 112 Å². The molecule has 3 N–H and O–H groups in total. The molecule has 4 aromatic rings. The Hall–Kier alpha value is -4.24. The molecule has 0 aliphatic carbocycles. The van der Waals surface area contributed by atoms with Crippen molar-refractivity contribution in [1.82, 2.24) is 25.6 Å². The van der Waals surface area contributed by atoms with Gasteiger partial charge in [-0.25, -0.2) is 4.79 Å². The quantitative estimate of drug-likeness (QED) is 0.426. The number of anilines is 1. The third-order valence-electron chi connectivity index (χ3n) is 5.94. The number of carbonyl (C=O) groups is 2. The first-order chi connectivity index (χ1) is 16.5. The summed E-state index contributed by atoms with van der Waals surface area (Å²) in [5.41, 5.74) is 5.23. The van der Waals surface area contributed by atoms with E-state index in [1.807, 2.05) is 61.5 Å². The second-order valence-corrected chi connectivity index (χ2v) is 8.07. The number of aromatic nitrogens is 3. The summed E-state index contributed by atoms with van der Waals surface area (Å²) < 4.78 is 0. The maximum Gasteiger partial charge on any atom is 0.346 e. The Kier molecular flexibility index (Phi) is 5.69. The van der Waals surface area contributed by atoms with Crippen molar-refractivity contribution in [3.8, 4) is 11.1 Å². The lowest BCUT2D eigenvalue weighted by Crippen LogP contribution is -2.33. The molecule has 0 radical (unpaired) electrons. The summed E-state index contributed by atoms with van der Waals surface area (Å²) in [4.78, 5) is 35.1. The number of pyridine rings is 1. The highest BCUT2D eigenvalue weighted by Gasteiger charge is 2.31. The molecule has 9 heteroatoms. The third-order valence-corrected chi connectivity index (χ3v) is 5.94. The molecule has 1 saturated heterocycles. The maximum absolute atomic E-state index is 13.0. The van der Waals surface area contributed by atoms with Crippen LogP contribution in [0.1, 0.15) is 34.2 Å². The zero-order valence-corrected chi connectivity index (χ0v) is 18.8. The number of benzene rings is 2. The molecule has 9 nitrogen and oxygen atoms in total. The number of carbonyl (C=O) groups excluding carboxylic acids is 2. The molecule has 0 bridgehead atoms. The summed E-state index contributed by atoms with van der Waals surface area (Å²) in [7, 11) is 1.57. The standard InChI is InChI=1S/C25H24N6O3/c1-15-20(17-8-9-19-21(12-17)29-30-23(19)24(32)26-2)13-18(14-27-15)28-25(33)31-22(10-11-34-31)16-6-4-3-5-7-16/h3-9,12-14,22H,10-11H2,1-2H3,(H,26,32)(H,28,33)(H,29,30)/t22-/m0/s1. The van der Waals surface area contributed by atoms with Gasteiger partial charge in [0, 0.05) is 30.1 Å². The van der Waals surface area contributed by atoms with Crippen LogP contribution in [0.15, 0.2) is 60.8 Å². The molecular formula is C25H24N6O3. The first-order valence-corrected chi connectivity index (χ1v) is 11.0. The number of aromatic amines is 1. The van der Waals surface area contributed by atoms with Crippen LogP contribution in [-0.4, -0.2) is 45.8 Å². The number of hydrogen-bond donors (Lipinski definition) is 3. The molecule has 172 valence electrons. The Morgan fingerprint density at radius 1 is 1.15 bits per heavy atom. The lowest BCUT2D eigenvalue weighted by atomic mass is 10.0. The summed E-state index contributed by atoms with van der Waals surface area (Å²) in [5.74, 6) is -0.250. The van der Waals surface area contributed by atoms with E-state index in [0.29, 0.717) is 18.0 Å². The van der Waals surface area contributed by atoms with Gasteiger partial charge in [-0.05, 0) is 36.2 Å². The van der Waals surface area contributed by atoms with Crippen molar-refractivity contribution in [3.63, 3.8) is 0 Å². The lowest BCUT2D eigenvalue weighted by molar-refractivity contribution is -0.0829. The van der Waals surface area contributed by atoms with Gasteiger partial charge in [0.05, 0.1) is 30.0 Å². The summed E-state index contributed by atoms with van der Waals surface area (Å²) in [6, 6.07) is 16.9. The van der Waals surface area contributed by atoms with Crippen LogP contribution >= 0.6 is 0 Å². The zero-order chi connectivity index (χ0) is 23.7. The Bertz CT molecular complexity index is 1370. The van der Waals surface area contributed by atoms with E-state index in [-0.39, 0.29) is 18.0 Å². The van der Waals surface area contributed by atoms with Crippen LogP contribution in [0.3, 0.4) is 0 Å². The molecular weight excluding hydrogens is 432 g/mol. The van der Waals surface area contributed by atoms with Gasteiger partial charge < -0.3 is 10.6 Å². The van der Waals surface area contributed by atoms with E-state index < -0.39 is 0 Å². The lowest BCUT2D eigenvalue weighted by Gasteiger charge is -2.23. The summed E-state index contributed by atoms with van der Waals surface area (Å²) in [6.07, 6.45) is 2.36. The Morgan fingerprint density at radius 2 is 1.97 bits per heavy atom. The molecule has 1 fully saturated rings. The van der Waals surface area contributed by atoms with Crippen LogP contribution in [0.2, 0.25) is 0 Å². The average molecular weight is 457 g/mol. The fraction of sp³-hybridized carbons (Fsp3) is 0.200. The first-order valence-electron chi connectivity index (χ1n) is 11.0. The van der Waals surface area contributed by atoms with Crippen molar-refractivity contribution >= 4 is 28.5 Å². The van der Waals surface area contributed by atoms with Gasteiger partial charge in [-0.2, -0.15) is 10.2 Å². The average Bonchev–Trinajstić information content (AvgIpc) is 3.52. The highest BCUT2D eigenvalue weighted by Crippen LogP contribution is 2.32. The number of nitrogens with zero attached hydrogens (tertiary/aromatic N) is 3. The van der Waals surface area contributed by atoms with Crippen molar-refractivity contribution in [2.24, 2.45) is 0 Å². The fourth-order valence-corrected chi connectivity index (χ4v) is 4.20.